The van der Waals surface area contributed by atoms with Crippen molar-refractivity contribution in [1.82, 2.24) is 0 Å². The van der Waals surface area contributed by atoms with Gasteiger partial charge in [0, 0.05) is 5.69 Å². The fraction of sp³-hybridized carbons (Fsp3) is 0.0588. The molecular formula is C17H18F2N2Ti. The number of para-hydroxylation sites is 1. The van der Waals surface area contributed by atoms with Crippen molar-refractivity contribution in [2.24, 2.45) is 0 Å². The third-order valence-corrected chi connectivity index (χ3v) is 3.05. The first kappa shape index (κ1) is 22.8. The summed E-state index contributed by atoms with van der Waals surface area (Å²) in [5, 5.41) is 10.1. The Morgan fingerprint density at radius 3 is 1.95 bits per heavy atom. The molecule has 0 unspecified atom stereocenters. The van der Waals surface area contributed by atoms with Gasteiger partial charge in [-0.25, -0.2) is 8.78 Å². The number of hydrogen-bond acceptors (Lipinski definition) is 0. The monoisotopic (exact) mass is 336 g/mol. The predicted molar refractivity (Wildman–Crippen MR) is 85.7 cm³/mol. The van der Waals surface area contributed by atoms with Crippen LogP contribution in [0.4, 0.5) is 14.5 Å². The van der Waals surface area contributed by atoms with Crippen molar-refractivity contribution < 1.29 is 30.5 Å². The zero-order valence-corrected chi connectivity index (χ0v) is 14.5. The van der Waals surface area contributed by atoms with Crippen molar-refractivity contribution in [2.45, 2.75) is 6.54 Å². The van der Waals surface area contributed by atoms with Gasteiger partial charge < -0.3 is 32.6 Å². The molecule has 2 aromatic rings. The summed E-state index contributed by atoms with van der Waals surface area (Å²) in [6.07, 6.45) is 0. The molecule has 1 aliphatic rings. The largest absolute Gasteiger partial charge is 4.00 e. The van der Waals surface area contributed by atoms with Crippen LogP contribution in [0, 0.1) is 33.9 Å². The smallest absolute Gasteiger partial charge is 0.464 e. The summed E-state index contributed by atoms with van der Waals surface area (Å²) in [6.45, 7) is 0.264. The van der Waals surface area contributed by atoms with E-state index in [1.54, 1.807) is 12.1 Å². The molecule has 0 fully saturated rings. The molecule has 0 bridgehead atoms. The number of anilines is 1. The van der Waals surface area contributed by atoms with E-state index in [1.807, 2.05) is 12.1 Å². The minimum Gasteiger partial charge on any atom is -0.464 e. The van der Waals surface area contributed by atoms with Crippen LogP contribution in [0.5, 0.6) is 0 Å². The fourth-order valence-electron chi connectivity index (χ4n) is 2.20. The zero-order chi connectivity index (χ0) is 12.7. The Bertz CT molecular complexity index is 624. The molecule has 0 radical (unpaired) electrons. The van der Waals surface area contributed by atoms with E-state index >= 15 is 0 Å². The average molecular weight is 336 g/mol. The Balaban J connectivity index is 0. The van der Waals surface area contributed by atoms with E-state index < -0.39 is 11.6 Å². The number of benzene rings is 2. The molecule has 1 heterocycles. The summed E-state index contributed by atoms with van der Waals surface area (Å²) in [6, 6.07) is 10.8. The van der Waals surface area contributed by atoms with E-state index in [9.17, 15) is 14.2 Å². The van der Waals surface area contributed by atoms with Crippen LogP contribution in [0.3, 0.4) is 0 Å². The number of amidine groups is 1. The number of nitrogens with zero attached hydrogens (tertiary/aromatic N) is 2. The molecule has 5 heteroatoms. The van der Waals surface area contributed by atoms with Gasteiger partial charge in [-0.2, -0.15) is 0 Å². The van der Waals surface area contributed by atoms with Crippen LogP contribution < -0.4 is 4.90 Å². The van der Waals surface area contributed by atoms with Crippen LogP contribution in [-0.2, 0) is 28.3 Å². The zero-order valence-electron chi connectivity index (χ0n) is 12.9. The Morgan fingerprint density at radius 2 is 1.41 bits per heavy atom. The molecule has 0 saturated heterocycles. The van der Waals surface area contributed by atoms with Crippen LogP contribution in [-0.4, -0.2) is 5.84 Å². The second-order valence-electron chi connectivity index (χ2n) is 4.14. The molecule has 2 aromatic carbocycles. The van der Waals surface area contributed by atoms with E-state index in [0.717, 1.165) is 5.56 Å². The number of fused-ring (bicyclic) bond motifs is 1. The molecule has 0 aromatic heterocycles. The van der Waals surface area contributed by atoms with Gasteiger partial charge in [0.25, 0.3) is 0 Å². The molecule has 1 aliphatic heterocycles. The van der Waals surface area contributed by atoms with Crippen molar-refractivity contribution in [3.8, 4) is 0 Å². The maximum atomic E-state index is 13.7. The van der Waals surface area contributed by atoms with E-state index in [-0.39, 0.29) is 62.1 Å². The van der Waals surface area contributed by atoms with Crippen LogP contribution in [0.2, 0.25) is 0 Å². The van der Waals surface area contributed by atoms with Gasteiger partial charge in [-0.05, 0) is 29.8 Å². The molecule has 0 saturated carbocycles. The quantitative estimate of drug-likeness (QED) is 0.550. The third-order valence-electron chi connectivity index (χ3n) is 3.05. The molecule has 0 amide bonds. The van der Waals surface area contributed by atoms with E-state index in [1.165, 1.54) is 23.1 Å². The summed E-state index contributed by atoms with van der Waals surface area (Å²) < 4.78 is 27.4. The Labute approximate surface area is 146 Å². The van der Waals surface area contributed by atoms with Gasteiger partial charge in [0.15, 0.2) is 0 Å². The van der Waals surface area contributed by atoms with Crippen molar-refractivity contribution in [1.29, 1.82) is 0 Å². The molecular weight excluding hydrogens is 318 g/mol. The summed E-state index contributed by atoms with van der Waals surface area (Å²) in [7, 11) is 0. The second kappa shape index (κ2) is 8.81. The van der Waals surface area contributed by atoms with Gasteiger partial charge in [-0.3, -0.25) is 0 Å². The topological polar surface area (TPSA) is 25.5 Å². The minimum atomic E-state index is -0.686. The molecule has 0 N–H and O–H groups in total. The Hall–Kier alpha value is -1.52. The Morgan fingerprint density at radius 1 is 0.864 bits per heavy atom. The first-order chi connectivity index (χ1) is 8.68. The molecule has 114 valence electrons. The second-order valence-corrected chi connectivity index (χ2v) is 4.14. The van der Waals surface area contributed by atoms with Crippen LogP contribution >= 0.6 is 0 Å². The number of halogens is 2. The summed E-state index contributed by atoms with van der Waals surface area (Å²) in [5.41, 5.74) is 1.24. The maximum Gasteiger partial charge on any atom is 4.00 e. The van der Waals surface area contributed by atoms with E-state index in [4.69, 9.17) is 0 Å². The van der Waals surface area contributed by atoms with E-state index in [2.05, 4.69) is 0 Å². The summed E-state index contributed by atoms with van der Waals surface area (Å²) >= 11 is 0. The number of hydrogen-bond donors (Lipinski definition) is 0. The first-order valence-electron chi connectivity index (χ1n) is 5.54. The Kier molecular flexibility index (Phi) is 9.12. The SMILES string of the molecule is [CH3-].[CH3-].[CH3-].[N-]=C1c2ccccc2CN1c1c(F)cccc1F.[Ti+4]. The van der Waals surface area contributed by atoms with Gasteiger partial charge in [0.2, 0.25) is 0 Å². The van der Waals surface area contributed by atoms with Crippen molar-refractivity contribution >= 4 is 11.5 Å². The normalized spacial score (nSPS) is 11.4. The van der Waals surface area contributed by atoms with Crippen molar-refractivity contribution in [2.75, 3.05) is 4.90 Å². The van der Waals surface area contributed by atoms with Crippen LogP contribution in [0.25, 0.3) is 5.41 Å². The van der Waals surface area contributed by atoms with Gasteiger partial charge in [0.05, 0.1) is 0 Å². The standard InChI is InChI=1S/C14H9F2N2.3CH3.Ti/c15-11-6-3-7-12(16)13(11)18-8-9-4-1-2-5-10(9)14(18)17;;;;/h1-7H,8H2;3*1H3;/q4*-1;+4. The van der Waals surface area contributed by atoms with Crippen molar-refractivity contribution in [3.63, 3.8) is 0 Å². The molecule has 0 atom stereocenters. The molecule has 0 spiro atoms. The van der Waals surface area contributed by atoms with E-state index in [0.29, 0.717) is 5.56 Å². The minimum absolute atomic E-state index is 0. The molecule has 22 heavy (non-hydrogen) atoms. The molecule has 2 nitrogen and oxygen atoms in total. The third kappa shape index (κ3) is 3.62. The predicted octanol–water partition coefficient (Wildman–Crippen LogP) is 4.65. The summed E-state index contributed by atoms with van der Waals surface area (Å²) in [4.78, 5) is 1.25. The number of rotatable bonds is 1. The van der Waals surface area contributed by atoms with Crippen LogP contribution in [0.1, 0.15) is 11.1 Å². The molecule has 3 rings (SSSR count). The van der Waals surface area contributed by atoms with Crippen molar-refractivity contribution in [3.05, 3.63) is 92.9 Å². The van der Waals surface area contributed by atoms with Gasteiger partial charge in [0.1, 0.15) is 11.6 Å². The average Bonchev–Trinajstić information content (AvgIpc) is 2.68. The van der Waals surface area contributed by atoms with Gasteiger partial charge >= 0.3 is 21.7 Å². The van der Waals surface area contributed by atoms with Crippen LogP contribution in [0.15, 0.2) is 42.5 Å². The fourth-order valence-corrected chi connectivity index (χ4v) is 2.20. The molecule has 0 aliphatic carbocycles. The van der Waals surface area contributed by atoms with Gasteiger partial charge in [-0.15, -0.1) is 0 Å². The van der Waals surface area contributed by atoms with Gasteiger partial charge in [-0.1, -0.05) is 36.2 Å². The summed E-state index contributed by atoms with van der Waals surface area (Å²) in [5.74, 6) is -1.49. The first-order valence-corrected chi connectivity index (χ1v) is 5.54. The maximum absolute atomic E-state index is 13.7.